The molecule has 0 aromatic heterocycles. The number of rotatable bonds is 9. The second kappa shape index (κ2) is 13.3. The average Bonchev–Trinajstić information content (AvgIpc) is 2.86. The molecule has 0 aliphatic carbocycles. The van der Waals surface area contributed by atoms with Crippen LogP contribution >= 0.6 is 0 Å². The summed E-state index contributed by atoms with van der Waals surface area (Å²) < 4.78 is 33.1. The molecule has 2 aromatic rings. The summed E-state index contributed by atoms with van der Waals surface area (Å²) in [6.07, 6.45) is -4.59. The molecule has 3 rings (SSSR count). The molecule has 0 unspecified atom stereocenters. The van der Waals surface area contributed by atoms with Crippen LogP contribution in [-0.4, -0.2) is 67.4 Å². The number of nitrogens with zero attached hydrogens (tertiary/aromatic N) is 1. The lowest BCUT2D eigenvalue weighted by Crippen LogP contribution is -2.63. The van der Waals surface area contributed by atoms with E-state index in [1.54, 1.807) is 30.5 Å². The third kappa shape index (κ3) is 8.41. The molecule has 38 heavy (non-hydrogen) atoms. The van der Waals surface area contributed by atoms with Gasteiger partial charge in [0.05, 0.1) is 5.69 Å². The first kappa shape index (κ1) is 28.3. The van der Waals surface area contributed by atoms with Gasteiger partial charge in [0.2, 0.25) is 12.4 Å². The molecule has 11 heteroatoms. The molecule has 0 saturated carbocycles. The quantitative estimate of drug-likeness (QED) is 0.272. The van der Waals surface area contributed by atoms with Crippen LogP contribution in [0.1, 0.15) is 33.3 Å². The molecular formula is C27H29NO10. The molecule has 0 N–H and O–H groups in total. The maximum absolute atomic E-state index is 11.9. The largest absolute Gasteiger partial charge is 0.463 e. The Kier molecular flexibility index (Phi) is 9.94. The summed E-state index contributed by atoms with van der Waals surface area (Å²) >= 11 is 0. The van der Waals surface area contributed by atoms with Gasteiger partial charge in [0.1, 0.15) is 18.5 Å². The number of hydrogen-bond donors (Lipinski definition) is 0. The highest BCUT2D eigenvalue weighted by molar-refractivity contribution is 5.82. The van der Waals surface area contributed by atoms with E-state index in [1.807, 2.05) is 30.3 Å². The van der Waals surface area contributed by atoms with Crippen LogP contribution in [0, 0.1) is 0 Å². The average molecular weight is 528 g/mol. The van der Waals surface area contributed by atoms with Crippen molar-refractivity contribution in [2.75, 3.05) is 6.61 Å². The van der Waals surface area contributed by atoms with Crippen LogP contribution in [0.4, 0.5) is 5.69 Å². The molecule has 1 aliphatic heterocycles. The lowest BCUT2D eigenvalue weighted by molar-refractivity contribution is -0.288. The molecule has 1 heterocycles. The molecule has 5 atom stereocenters. The molecule has 0 spiro atoms. The van der Waals surface area contributed by atoms with Crippen LogP contribution in [0.2, 0.25) is 0 Å². The van der Waals surface area contributed by atoms with Crippen molar-refractivity contribution in [3.63, 3.8) is 0 Å². The van der Waals surface area contributed by atoms with Crippen LogP contribution in [0.5, 0.6) is 5.75 Å². The Balaban J connectivity index is 1.87. The third-order valence-corrected chi connectivity index (χ3v) is 5.20. The molecule has 1 saturated heterocycles. The van der Waals surface area contributed by atoms with Crippen molar-refractivity contribution < 1.29 is 47.6 Å². The van der Waals surface area contributed by atoms with E-state index in [9.17, 15) is 19.2 Å². The second-order valence-corrected chi connectivity index (χ2v) is 8.35. The summed E-state index contributed by atoms with van der Waals surface area (Å²) in [4.78, 5) is 51.5. The molecule has 2 aromatic carbocycles. The van der Waals surface area contributed by atoms with Gasteiger partial charge in [-0.25, -0.2) is 0 Å². The van der Waals surface area contributed by atoms with Crippen molar-refractivity contribution in [3.05, 3.63) is 60.2 Å². The van der Waals surface area contributed by atoms with E-state index in [2.05, 4.69) is 4.99 Å². The summed E-state index contributed by atoms with van der Waals surface area (Å²) in [6.45, 7) is 4.32. The Morgan fingerprint density at radius 1 is 0.763 bits per heavy atom. The van der Waals surface area contributed by atoms with Gasteiger partial charge in [0.15, 0.2) is 12.2 Å². The maximum atomic E-state index is 11.9. The van der Waals surface area contributed by atoms with Gasteiger partial charge in [-0.15, -0.1) is 0 Å². The zero-order valence-electron chi connectivity index (χ0n) is 21.4. The number of para-hydroxylation sites is 1. The first-order valence-electron chi connectivity index (χ1n) is 11.8. The van der Waals surface area contributed by atoms with Gasteiger partial charge in [-0.05, 0) is 42.0 Å². The molecule has 11 nitrogen and oxygen atoms in total. The number of aliphatic imine (C=N–C) groups is 1. The van der Waals surface area contributed by atoms with Gasteiger partial charge in [0, 0.05) is 33.9 Å². The fraction of sp³-hybridized carbons (Fsp3) is 0.370. The molecule has 1 fully saturated rings. The van der Waals surface area contributed by atoms with E-state index in [1.165, 1.54) is 6.92 Å². The number of hydrogen-bond acceptors (Lipinski definition) is 11. The molecule has 0 amide bonds. The standard InChI is InChI=1S/C27H29NO10/c1-16(29)33-15-23-24(34-17(2)30)25(35-18(3)31)26(36-19(4)32)27(38-23)37-22-12-10-20(11-13-22)14-28-21-8-6-5-7-9-21/h5-14,23-27H,15H2,1-4H3/t23-,24-,25+,26-,27-/m1/s1. The Morgan fingerprint density at radius 3 is 1.92 bits per heavy atom. The smallest absolute Gasteiger partial charge is 0.303 e. The highest BCUT2D eigenvalue weighted by Gasteiger charge is 2.53. The van der Waals surface area contributed by atoms with E-state index >= 15 is 0 Å². The highest BCUT2D eigenvalue weighted by atomic mass is 16.7. The van der Waals surface area contributed by atoms with E-state index in [4.69, 9.17) is 28.4 Å². The Morgan fingerprint density at radius 2 is 1.34 bits per heavy atom. The summed E-state index contributed by atoms with van der Waals surface area (Å²) in [7, 11) is 0. The van der Waals surface area contributed by atoms with Crippen molar-refractivity contribution in [2.24, 2.45) is 4.99 Å². The van der Waals surface area contributed by atoms with Crippen LogP contribution in [0.3, 0.4) is 0 Å². The number of carbonyl (C=O) groups is 4. The molecule has 202 valence electrons. The molecular weight excluding hydrogens is 498 g/mol. The first-order chi connectivity index (χ1) is 18.1. The minimum absolute atomic E-state index is 0.336. The van der Waals surface area contributed by atoms with E-state index in [0.717, 1.165) is 32.0 Å². The fourth-order valence-corrected chi connectivity index (χ4v) is 3.71. The van der Waals surface area contributed by atoms with Crippen LogP contribution in [-0.2, 0) is 42.9 Å². The van der Waals surface area contributed by atoms with Gasteiger partial charge >= 0.3 is 23.9 Å². The predicted octanol–water partition coefficient (Wildman–Crippen LogP) is 2.90. The molecule has 1 aliphatic rings. The summed E-state index contributed by atoms with van der Waals surface area (Å²) in [6, 6.07) is 16.2. The highest BCUT2D eigenvalue weighted by Crippen LogP contribution is 2.31. The number of ether oxygens (including phenoxy) is 6. The Bertz CT molecular complexity index is 1150. The van der Waals surface area contributed by atoms with Crippen LogP contribution in [0.25, 0.3) is 0 Å². The number of benzene rings is 2. The minimum Gasteiger partial charge on any atom is -0.463 e. The lowest BCUT2D eigenvalue weighted by Gasteiger charge is -2.43. The lowest BCUT2D eigenvalue weighted by atomic mass is 9.98. The summed E-state index contributed by atoms with van der Waals surface area (Å²) in [5.74, 6) is -2.42. The van der Waals surface area contributed by atoms with E-state index < -0.39 is 54.6 Å². The fourth-order valence-electron chi connectivity index (χ4n) is 3.71. The summed E-state index contributed by atoms with van der Waals surface area (Å²) in [5.41, 5.74) is 1.59. The normalized spacial score (nSPS) is 22.8. The Labute approximate surface area is 219 Å². The minimum atomic E-state index is -1.31. The number of carbonyl (C=O) groups excluding carboxylic acids is 4. The van der Waals surface area contributed by atoms with E-state index in [-0.39, 0.29) is 6.61 Å². The monoisotopic (exact) mass is 527 g/mol. The zero-order chi connectivity index (χ0) is 27.7. The van der Waals surface area contributed by atoms with Gasteiger partial charge in [-0.2, -0.15) is 0 Å². The van der Waals surface area contributed by atoms with Gasteiger partial charge in [-0.1, -0.05) is 18.2 Å². The van der Waals surface area contributed by atoms with Crippen molar-refractivity contribution in [2.45, 2.75) is 58.4 Å². The predicted molar refractivity (Wildman–Crippen MR) is 133 cm³/mol. The SMILES string of the molecule is CC(=O)OC[C@H]1O[C@@H](Oc2ccc(C=Nc3ccccc3)cc2)[C@H](OC(C)=O)[C@@H](OC(C)=O)[C@@H]1OC(C)=O. The van der Waals surface area contributed by atoms with Crippen molar-refractivity contribution >= 4 is 35.8 Å². The molecule has 0 radical (unpaired) electrons. The van der Waals surface area contributed by atoms with Crippen molar-refractivity contribution in [1.29, 1.82) is 0 Å². The topological polar surface area (TPSA) is 136 Å². The van der Waals surface area contributed by atoms with Crippen molar-refractivity contribution in [3.8, 4) is 5.75 Å². The van der Waals surface area contributed by atoms with Gasteiger partial charge in [0.25, 0.3) is 0 Å². The maximum Gasteiger partial charge on any atom is 0.303 e. The van der Waals surface area contributed by atoms with Crippen LogP contribution < -0.4 is 4.74 Å². The van der Waals surface area contributed by atoms with Gasteiger partial charge < -0.3 is 28.4 Å². The summed E-state index contributed by atoms with van der Waals surface area (Å²) in [5, 5.41) is 0. The zero-order valence-corrected chi connectivity index (χ0v) is 21.4. The molecule has 0 bridgehead atoms. The van der Waals surface area contributed by atoms with Crippen molar-refractivity contribution in [1.82, 2.24) is 0 Å². The second-order valence-electron chi connectivity index (χ2n) is 8.35. The first-order valence-corrected chi connectivity index (χ1v) is 11.8. The van der Waals surface area contributed by atoms with E-state index in [0.29, 0.717) is 5.75 Å². The number of esters is 4. The van der Waals surface area contributed by atoms with Crippen LogP contribution in [0.15, 0.2) is 59.6 Å². The Hall–Kier alpha value is -4.25. The third-order valence-electron chi connectivity index (χ3n) is 5.20. The van der Waals surface area contributed by atoms with Gasteiger partial charge in [-0.3, -0.25) is 24.2 Å².